The fourth-order valence-corrected chi connectivity index (χ4v) is 2.72. The zero-order valence-electron chi connectivity index (χ0n) is 12.4. The molecule has 4 nitrogen and oxygen atoms in total. The molecule has 0 fully saturated rings. The summed E-state index contributed by atoms with van der Waals surface area (Å²) in [7, 11) is 0. The van der Waals surface area contributed by atoms with E-state index in [-0.39, 0.29) is 11.8 Å². The fraction of sp³-hybridized carbons (Fsp3) is 0.562. The van der Waals surface area contributed by atoms with E-state index in [1.165, 1.54) is 11.1 Å². The van der Waals surface area contributed by atoms with Crippen molar-refractivity contribution in [2.45, 2.75) is 26.7 Å². The first kappa shape index (κ1) is 14.9. The highest BCUT2D eigenvalue weighted by molar-refractivity contribution is 5.79. The van der Waals surface area contributed by atoms with Crippen molar-refractivity contribution in [2.75, 3.05) is 26.2 Å². The van der Waals surface area contributed by atoms with Crippen LogP contribution < -0.4 is 10.5 Å². The van der Waals surface area contributed by atoms with E-state index < -0.39 is 0 Å². The molecule has 2 N–H and O–H groups in total. The Kier molecular flexibility index (Phi) is 5.01. The van der Waals surface area contributed by atoms with Gasteiger partial charge in [-0.2, -0.15) is 0 Å². The van der Waals surface area contributed by atoms with Gasteiger partial charge in [-0.05, 0) is 37.5 Å². The van der Waals surface area contributed by atoms with Crippen molar-refractivity contribution < 1.29 is 9.53 Å². The third-order valence-electron chi connectivity index (χ3n) is 3.94. The van der Waals surface area contributed by atoms with E-state index >= 15 is 0 Å². The highest BCUT2D eigenvalue weighted by Crippen LogP contribution is 2.26. The van der Waals surface area contributed by atoms with Gasteiger partial charge in [0.25, 0.3) is 0 Å². The van der Waals surface area contributed by atoms with Gasteiger partial charge in [0.1, 0.15) is 5.75 Å². The molecule has 110 valence electrons. The lowest BCUT2D eigenvalue weighted by atomic mass is 9.96. The number of fused-ring (bicyclic) bond motifs is 1. The van der Waals surface area contributed by atoms with E-state index in [1.54, 1.807) is 0 Å². The highest BCUT2D eigenvalue weighted by atomic mass is 16.5. The third kappa shape index (κ3) is 3.12. The second-order valence-electron chi connectivity index (χ2n) is 5.19. The molecule has 2 rings (SSSR count). The lowest BCUT2D eigenvalue weighted by Gasteiger charge is -2.24. The fourth-order valence-electron chi connectivity index (χ4n) is 2.72. The molecule has 0 spiro atoms. The van der Waals surface area contributed by atoms with Gasteiger partial charge in [0.05, 0.1) is 12.5 Å². The average Bonchev–Trinajstić information content (AvgIpc) is 2.93. The minimum atomic E-state index is -0.129. The van der Waals surface area contributed by atoms with Crippen molar-refractivity contribution in [3.8, 4) is 5.75 Å². The number of amides is 1. The van der Waals surface area contributed by atoms with Crippen LogP contribution in [0.4, 0.5) is 0 Å². The molecule has 1 aromatic carbocycles. The Bertz CT molecular complexity index is 470. The Morgan fingerprint density at radius 2 is 2.15 bits per heavy atom. The Hall–Kier alpha value is -1.55. The topological polar surface area (TPSA) is 55.6 Å². The van der Waals surface area contributed by atoms with Crippen molar-refractivity contribution in [1.82, 2.24) is 4.90 Å². The summed E-state index contributed by atoms with van der Waals surface area (Å²) in [5.41, 5.74) is 8.22. The molecule has 1 aliphatic heterocycles. The molecule has 20 heavy (non-hydrogen) atoms. The van der Waals surface area contributed by atoms with Gasteiger partial charge in [-0.15, -0.1) is 0 Å². The summed E-state index contributed by atoms with van der Waals surface area (Å²) in [6.07, 6.45) is 1.67. The van der Waals surface area contributed by atoms with Crippen LogP contribution in [-0.4, -0.2) is 37.0 Å². The van der Waals surface area contributed by atoms with Crippen molar-refractivity contribution in [1.29, 1.82) is 0 Å². The maximum atomic E-state index is 12.4. The van der Waals surface area contributed by atoms with Crippen molar-refractivity contribution >= 4 is 5.91 Å². The summed E-state index contributed by atoms with van der Waals surface area (Å²) in [6, 6.07) is 6.20. The third-order valence-corrected chi connectivity index (χ3v) is 3.94. The number of rotatable bonds is 6. The zero-order chi connectivity index (χ0) is 14.5. The van der Waals surface area contributed by atoms with Gasteiger partial charge in [-0.1, -0.05) is 12.1 Å². The van der Waals surface area contributed by atoms with E-state index in [0.717, 1.165) is 31.9 Å². The molecule has 0 bridgehead atoms. The minimum Gasteiger partial charge on any atom is -0.493 e. The quantitative estimate of drug-likeness (QED) is 0.859. The summed E-state index contributed by atoms with van der Waals surface area (Å²) >= 11 is 0. The first-order valence-corrected chi connectivity index (χ1v) is 7.43. The molecule has 1 unspecified atom stereocenters. The second kappa shape index (κ2) is 6.75. The molecule has 1 atom stereocenters. The van der Waals surface area contributed by atoms with Gasteiger partial charge >= 0.3 is 0 Å². The van der Waals surface area contributed by atoms with Crippen LogP contribution in [0.15, 0.2) is 18.2 Å². The van der Waals surface area contributed by atoms with Crippen LogP contribution in [0.25, 0.3) is 0 Å². The number of benzene rings is 1. The molecule has 0 aliphatic carbocycles. The molecule has 1 amide bonds. The molecular formula is C16H24N2O2. The highest BCUT2D eigenvalue weighted by Gasteiger charge is 2.22. The largest absolute Gasteiger partial charge is 0.493 e. The monoisotopic (exact) mass is 276 g/mol. The van der Waals surface area contributed by atoms with Crippen molar-refractivity contribution in [3.63, 3.8) is 0 Å². The molecule has 1 aliphatic rings. The number of nitrogens with two attached hydrogens (primary N) is 1. The summed E-state index contributed by atoms with van der Waals surface area (Å²) in [6.45, 7) is 6.64. The van der Waals surface area contributed by atoms with Gasteiger partial charge < -0.3 is 15.4 Å². The number of nitrogens with zero attached hydrogens (tertiary/aromatic N) is 1. The molecule has 0 aromatic heterocycles. The maximum Gasteiger partial charge on any atom is 0.227 e. The molecular weight excluding hydrogens is 252 g/mol. The number of hydrogen-bond acceptors (Lipinski definition) is 3. The summed E-state index contributed by atoms with van der Waals surface area (Å²) in [5.74, 6) is 1.01. The summed E-state index contributed by atoms with van der Waals surface area (Å²) < 4.78 is 5.51. The van der Waals surface area contributed by atoms with Crippen LogP contribution in [-0.2, 0) is 17.6 Å². The smallest absolute Gasteiger partial charge is 0.227 e. The number of hydrogen-bond donors (Lipinski definition) is 1. The summed E-state index contributed by atoms with van der Waals surface area (Å²) in [4.78, 5) is 14.3. The Labute approximate surface area is 120 Å². The molecule has 4 heteroatoms. The van der Waals surface area contributed by atoms with Crippen LogP contribution in [0.3, 0.4) is 0 Å². The van der Waals surface area contributed by atoms with E-state index in [1.807, 2.05) is 30.9 Å². The van der Waals surface area contributed by atoms with Gasteiger partial charge in [-0.25, -0.2) is 0 Å². The van der Waals surface area contributed by atoms with Gasteiger partial charge in [0.2, 0.25) is 5.91 Å². The lowest BCUT2D eigenvalue weighted by molar-refractivity contribution is -0.134. The minimum absolute atomic E-state index is 0.129. The maximum absolute atomic E-state index is 12.4. The molecule has 0 saturated carbocycles. The van der Waals surface area contributed by atoms with Crippen LogP contribution in [0.1, 0.15) is 25.0 Å². The van der Waals surface area contributed by atoms with E-state index in [0.29, 0.717) is 13.0 Å². The Balaban J connectivity index is 2.08. The molecule has 1 heterocycles. The second-order valence-corrected chi connectivity index (χ2v) is 5.19. The normalized spacial score (nSPS) is 14.6. The van der Waals surface area contributed by atoms with E-state index in [9.17, 15) is 4.79 Å². The van der Waals surface area contributed by atoms with E-state index in [2.05, 4.69) is 6.07 Å². The number of carbonyl (C=O) groups excluding carboxylic acids is 1. The molecule has 0 radical (unpaired) electrons. The summed E-state index contributed by atoms with van der Waals surface area (Å²) in [5, 5.41) is 0. The Morgan fingerprint density at radius 3 is 2.80 bits per heavy atom. The lowest BCUT2D eigenvalue weighted by Crippen LogP contribution is -2.39. The average molecular weight is 276 g/mol. The number of carbonyl (C=O) groups is 1. The van der Waals surface area contributed by atoms with Crippen LogP contribution in [0.5, 0.6) is 5.75 Å². The van der Waals surface area contributed by atoms with Crippen molar-refractivity contribution in [2.24, 2.45) is 11.7 Å². The van der Waals surface area contributed by atoms with Gasteiger partial charge in [-0.3, -0.25) is 4.79 Å². The van der Waals surface area contributed by atoms with E-state index in [4.69, 9.17) is 10.5 Å². The predicted molar refractivity (Wildman–Crippen MR) is 79.8 cm³/mol. The van der Waals surface area contributed by atoms with Crippen molar-refractivity contribution in [3.05, 3.63) is 29.3 Å². The predicted octanol–water partition coefficient (Wildman–Crippen LogP) is 1.61. The van der Waals surface area contributed by atoms with Crippen LogP contribution in [0.2, 0.25) is 0 Å². The zero-order valence-corrected chi connectivity index (χ0v) is 12.4. The van der Waals surface area contributed by atoms with Gasteiger partial charge in [0.15, 0.2) is 0 Å². The number of ether oxygens (including phenoxy) is 1. The standard InChI is InChI=1S/C16H24N2O2/c1-3-18(4-2)16(19)14(11-17)10-12-5-6-15-13(9-12)7-8-20-15/h5-6,9,14H,3-4,7-8,10-11,17H2,1-2H3. The van der Waals surface area contributed by atoms with Crippen LogP contribution in [0, 0.1) is 5.92 Å². The first-order chi connectivity index (χ1) is 9.69. The molecule has 1 aromatic rings. The van der Waals surface area contributed by atoms with Crippen LogP contribution >= 0.6 is 0 Å². The first-order valence-electron chi connectivity index (χ1n) is 7.43. The van der Waals surface area contributed by atoms with Gasteiger partial charge in [0, 0.05) is 26.1 Å². The molecule has 0 saturated heterocycles. The Morgan fingerprint density at radius 1 is 1.40 bits per heavy atom. The SMILES string of the molecule is CCN(CC)C(=O)C(CN)Cc1ccc2c(c1)CCO2.